The Hall–Kier alpha value is -3.26. The average molecular weight is 566 g/mol. The molecule has 37 heavy (non-hydrogen) atoms. The van der Waals surface area contributed by atoms with Crippen LogP contribution in [0.3, 0.4) is 0 Å². The van der Waals surface area contributed by atoms with Crippen LogP contribution in [0.25, 0.3) is 0 Å². The van der Waals surface area contributed by atoms with Crippen molar-refractivity contribution in [1.82, 2.24) is 15.1 Å². The second kappa shape index (κ2) is 12.3. The zero-order valence-electron chi connectivity index (χ0n) is 20.9. The molecule has 1 fully saturated rings. The number of hydrogen-bond donors (Lipinski definition) is 1. The van der Waals surface area contributed by atoms with Crippen molar-refractivity contribution in [2.24, 2.45) is 11.8 Å². The normalized spacial score (nSPS) is 19.5. The van der Waals surface area contributed by atoms with Gasteiger partial charge in [-0.2, -0.15) is 0 Å². The first-order chi connectivity index (χ1) is 17.9. The maximum atomic E-state index is 13.7. The van der Waals surface area contributed by atoms with Gasteiger partial charge in [0.1, 0.15) is 6.04 Å². The molecule has 1 N–H and O–H groups in total. The first-order valence-corrected chi connectivity index (χ1v) is 13.5. The number of imide groups is 1. The molecule has 2 aromatic rings. The SMILES string of the molecule is CCNC(=O)C(Cc1ccccc1)N(Cc1ccc(Br)cc1)C(=O)CCN1C(=O)[C@H]2CC=CC[C@H]2C1=O. The van der Waals surface area contributed by atoms with Crippen molar-refractivity contribution < 1.29 is 19.2 Å². The Morgan fingerprint density at radius 3 is 2.19 bits per heavy atom. The number of benzene rings is 2. The van der Waals surface area contributed by atoms with Crippen molar-refractivity contribution >= 4 is 39.6 Å². The van der Waals surface area contributed by atoms with E-state index in [9.17, 15) is 19.2 Å². The van der Waals surface area contributed by atoms with Crippen LogP contribution in [0.5, 0.6) is 0 Å². The highest BCUT2D eigenvalue weighted by atomic mass is 79.9. The topological polar surface area (TPSA) is 86.8 Å². The summed E-state index contributed by atoms with van der Waals surface area (Å²) in [6.07, 6.45) is 5.33. The number of rotatable bonds is 10. The number of fused-ring (bicyclic) bond motifs is 1. The van der Waals surface area contributed by atoms with Crippen molar-refractivity contribution in [3.8, 4) is 0 Å². The number of carbonyl (C=O) groups excluding carboxylic acids is 4. The van der Waals surface area contributed by atoms with Crippen LogP contribution in [0, 0.1) is 11.8 Å². The molecule has 194 valence electrons. The van der Waals surface area contributed by atoms with Gasteiger partial charge in [-0.1, -0.05) is 70.5 Å². The Morgan fingerprint density at radius 2 is 1.59 bits per heavy atom. The molecule has 1 aliphatic carbocycles. The monoisotopic (exact) mass is 565 g/mol. The van der Waals surface area contributed by atoms with Crippen molar-refractivity contribution in [1.29, 1.82) is 0 Å². The van der Waals surface area contributed by atoms with Crippen molar-refractivity contribution in [2.75, 3.05) is 13.1 Å². The molecule has 3 atom stereocenters. The smallest absolute Gasteiger partial charge is 0.243 e. The summed E-state index contributed by atoms with van der Waals surface area (Å²) in [6, 6.07) is 16.5. The minimum atomic E-state index is -0.741. The summed E-state index contributed by atoms with van der Waals surface area (Å²) in [5.41, 5.74) is 1.82. The standard InChI is InChI=1S/C29H32BrN3O4/c1-2-31-27(35)25(18-20-8-4-3-5-9-20)33(19-21-12-14-22(30)15-13-21)26(34)16-17-32-28(36)23-10-6-7-11-24(23)29(32)37/h3-9,12-15,23-25H,2,10-11,16-19H2,1H3,(H,31,35)/t23-,24+,25?. The van der Waals surface area contributed by atoms with E-state index < -0.39 is 6.04 Å². The van der Waals surface area contributed by atoms with E-state index in [4.69, 9.17) is 0 Å². The molecule has 4 rings (SSSR count). The van der Waals surface area contributed by atoms with Crippen molar-refractivity contribution in [2.45, 2.75) is 45.2 Å². The molecule has 0 aromatic heterocycles. The van der Waals surface area contributed by atoms with E-state index in [1.165, 1.54) is 4.90 Å². The van der Waals surface area contributed by atoms with Gasteiger partial charge >= 0.3 is 0 Å². The molecule has 1 heterocycles. The average Bonchev–Trinajstić information content (AvgIpc) is 3.15. The molecule has 0 spiro atoms. The third kappa shape index (κ3) is 6.36. The lowest BCUT2D eigenvalue weighted by atomic mass is 9.85. The third-order valence-electron chi connectivity index (χ3n) is 7.04. The number of nitrogens with zero attached hydrogens (tertiary/aromatic N) is 2. The molecule has 1 saturated heterocycles. The van der Waals surface area contributed by atoms with Gasteiger partial charge in [-0.15, -0.1) is 0 Å². The number of likely N-dealkylation sites (tertiary alicyclic amines) is 1. The minimum Gasteiger partial charge on any atom is -0.355 e. The molecule has 8 heteroatoms. The van der Waals surface area contributed by atoms with Gasteiger partial charge < -0.3 is 10.2 Å². The van der Waals surface area contributed by atoms with Crippen LogP contribution < -0.4 is 5.32 Å². The van der Waals surface area contributed by atoms with E-state index in [-0.39, 0.29) is 55.0 Å². The van der Waals surface area contributed by atoms with Gasteiger partial charge in [0.2, 0.25) is 23.6 Å². The number of hydrogen-bond acceptors (Lipinski definition) is 4. The zero-order chi connectivity index (χ0) is 26.4. The molecule has 2 aliphatic rings. The first-order valence-electron chi connectivity index (χ1n) is 12.7. The Kier molecular flexibility index (Phi) is 8.92. The van der Waals surface area contributed by atoms with E-state index >= 15 is 0 Å². The van der Waals surface area contributed by atoms with Gasteiger partial charge in [-0.25, -0.2) is 0 Å². The zero-order valence-corrected chi connectivity index (χ0v) is 22.5. The summed E-state index contributed by atoms with van der Waals surface area (Å²) in [5, 5.41) is 2.88. The lowest BCUT2D eigenvalue weighted by Gasteiger charge is -2.32. The Balaban J connectivity index is 1.56. The van der Waals surface area contributed by atoms with Crippen LogP contribution in [0.4, 0.5) is 0 Å². The molecular weight excluding hydrogens is 534 g/mol. The molecule has 0 bridgehead atoms. The maximum Gasteiger partial charge on any atom is 0.243 e. The number of carbonyl (C=O) groups is 4. The van der Waals surface area contributed by atoms with Gasteiger partial charge in [-0.3, -0.25) is 24.1 Å². The second-order valence-corrected chi connectivity index (χ2v) is 10.4. The molecular formula is C29H32BrN3O4. The van der Waals surface area contributed by atoms with E-state index in [0.717, 1.165) is 15.6 Å². The van der Waals surface area contributed by atoms with E-state index in [2.05, 4.69) is 21.2 Å². The Bertz CT molecular complexity index is 1140. The van der Waals surface area contributed by atoms with Gasteiger partial charge in [0.15, 0.2) is 0 Å². The van der Waals surface area contributed by atoms with Crippen LogP contribution in [0.15, 0.2) is 71.2 Å². The Labute approximate surface area is 226 Å². The molecule has 0 saturated carbocycles. The van der Waals surface area contributed by atoms with Crippen molar-refractivity contribution in [3.05, 3.63) is 82.3 Å². The molecule has 0 radical (unpaired) electrons. The van der Waals surface area contributed by atoms with Crippen molar-refractivity contribution in [3.63, 3.8) is 0 Å². The summed E-state index contributed by atoms with van der Waals surface area (Å²) < 4.78 is 0.917. The lowest BCUT2D eigenvalue weighted by molar-refractivity contribution is -0.144. The summed E-state index contributed by atoms with van der Waals surface area (Å²) >= 11 is 3.44. The van der Waals surface area contributed by atoms with Gasteiger partial charge in [0.05, 0.1) is 11.8 Å². The number of likely N-dealkylation sites (N-methyl/N-ethyl adjacent to an activating group) is 1. The fraction of sp³-hybridized carbons (Fsp3) is 0.379. The van der Waals surface area contributed by atoms with E-state index in [1.807, 2.05) is 73.7 Å². The predicted molar refractivity (Wildman–Crippen MR) is 144 cm³/mol. The van der Waals surface area contributed by atoms with Crippen LogP contribution in [0.2, 0.25) is 0 Å². The summed E-state index contributed by atoms with van der Waals surface area (Å²) in [7, 11) is 0. The van der Waals surface area contributed by atoms with Crippen LogP contribution in [0.1, 0.15) is 37.3 Å². The quantitative estimate of drug-likeness (QED) is 0.350. The number of allylic oxidation sites excluding steroid dienone is 2. The molecule has 4 amide bonds. The van der Waals surface area contributed by atoms with Crippen LogP contribution in [-0.4, -0.2) is 52.6 Å². The van der Waals surface area contributed by atoms with Gasteiger partial charge in [0.25, 0.3) is 0 Å². The van der Waals surface area contributed by atoms with Crippen LogP contribution >= 0.6 is 15.9 Å². The number of nitrogens with one attached hydrogen (secondary N) is 1. The predicted octanol–water partition coefficient (Wildman–Crippen LogP) is 3.87. The van der Waals surface area contributed by atoms with E-state index in [0.29, 0.717) is 25.8 Å². The third-order valence-corrected chi connectivity index (χ3v) is 7.57. The van der Waals surface area contributed by atoms with Gasteiger partial charge in [0, 0.05) is 36.9 Å². The highest BCUT2D eigenvalue weighted by Crippen LogP contribution is 2.35. The Morgan fingerprint density at radius 1 is 0.973 bits per heavy atom. The van der Waals surface area contributed by atoms with E-state index in [1.54, 1.807) is 4.90 Å². The first kappa shape index (κ1) is 26.8. The number of amides is 4. The molecule has 7 nitrogen and oxygen atoms in total. The summed E-state index contributed by atoms with van der Waals surface area (Å²) in [6.45, 7) is 2.54. The largest absolute Gasteiger partial charge is 0.355 e. The highest BCUT2D eigenvalue weighted by Gasteiger charge is 2.47. The number of halogens is 1. The highest BCUT2D eigenvalue weighted by molar-refractivity contribution is 9.10. The molecule has 1 unspecified atom stereocenters. The molecule has 1 aliphatic heterocycles. The molecule has 2 aromatic carbocycles. The lowest BCUT2D eigenvalue weighted by Crippen LogP contribution is -2.51. The summed E-state index contributed by atoms with van der Waals surface area (Å²) in [4.78, 5) is 55.6. The van der Waals surface area contributed by atoms with Crippen LogP contribution in [-0.2, 0) is 32.1 Å². The maximum absolute atomic E-state index is 13.7. The summed E-state index contributed by atoms with van der Waals surface area (Å²) in [5.74, 6) is -1.56. The minimum absolute atomic E-state index is 0.0216. The fourth-order valence-electron chi connectivity index (χ4n) is 5.07. The second-order valence-electron chi connectivity index (χ2n) is 9.48. The van der Waals surface area contributed by atoms with Gasteiger partial charge in [-0.05, 0) is 43.0 Å². The fourth-order valence-corrected chi connectivity index (χ4v) is 5.34.